The largest absolute Gasteiger partial charge is 0.309 e. The lowest BCUT2D eigenvalue weighted by Gasteiger charge is -2.34. The Morgan fingerprint density at radius 1 is 0.466 bits per heavy atom. The van der Waals surface area contributed by atoms with E-state index in [1.807, 2.05) is 42.6 Å². The average molecular weight is 742 g/mol. The number of benzene rings is 9. The maximum absolute atomic E-state index is 9.04. The molecule has 0 spiro atoms. The molecular formula is C53H35N5. The van der Waals surface area contributed by atoms with Crippen molar-refractivity contribution in [1.29, 1.82) is 5.41 Å². The van der Waals surface area contributed by atoms with Gasteiger partial charge in [-0.05, 0) is 88.5 Å². The number of amidine groups is 2. The Bertz CT molecular complexity index is 3280. The maximum atomic E-state index is 9.04. The first kappa shape index (κ1) is 33.4. The Hall–Kier alpha value is -7.89. The van der Waals surface area contributed by atoms with Crippen LogP contribution in [0.1, 0.15) is 16.7 Å². The van der Waals surface area contributed by atoms with E-state index in [1.54, 1.807) is 0 Å². The van der Waals surface area contributed by atoms with Crippen LogP contribution in [0.5, 0.6) is 0 Å². The Labute approximate surface area is 335 Å². The van der Waals surface area contributed by atoms with E-state index in [4.69, 9.17) is 15.4 Å². The van der Waals surface area contributed by atoms with E-state index < -0.39 is 0 Å². The van der Waals surface area contributed by atoms with Crippen molar-refractivity contribution in [2.45, 2.75) is 0 Å². The third-order valence-electron chi connectivity index (χ3n) is 11.2. The standard InChI is InChI=1S/C53H35N5/c54-52(36-14-3-1-4-15-36)56-53(55-34-40-20-13-27-48-51(40)44-23-9-10-25-46(44)57(48)41-21-5-2-6-22-41)37-28-30-42(31-29-37)58-47-26-12-19-35-18-11-24-43(50(35)47)45-32-38-16-7-8-17-39(38)33-49(45)58/h1-34,54H/b54-52?,55-34+,56-53-. The molecule has 2 heterocycles. The van der Waals surface area contributed by atoms with E-state index in [9.17, 15) is 0 Å². The van der Waals surface area contributed by atoms with Gasteiger partial charge < -0.3 is 9.47 Å². The van der Waals surface area contributed by atoms with E-state index in [0.29, 0.717) is 5.84 Å². The number of hydrogen-bond donors (Lipinski definition) is 1. The molecule has 1 N–H and O–H groups in total. The van der Waals surface area contributed by atoms with Gasteiger partial charge in [0.15, 0.2) is 11.7 Å². The van der Waals surface area contributed by atoms with Gasteiger partial charge in [-0.2, -0.15) is 0 Å². The highest BCUT2D eigenvalue weighted by molar-refractivity contribution is 6.20. The summed E-state index contributed by atoms with van der Waals surface area (Å²) in [4.78, 5) is 12.4. The van der Waals surface area contributed by atoms with E-state index in [2.05, 4.69) is 173 Å². The van der Waals surface area contributed by atoms with Gasteiger partial charge >= 0.3 is 0 Å². The molecule has 1 aromatic heterocycles. The first-order valence-corrected chi connectivity index (χ1v) is 19.5. The normalized spacial score (nSPS) is 12.6. The van der Waals surface area contributed by atoms with Crippen LogP contribution in [-0.2, 0) is 0 Å². The Balaban J connectivity index is 1.05. The molecule has 0 amide bonds. The summed E-state index contributed by atoms with van der Waals surface area (Å²) in [7, 11) is 0. The van der Waals surface area contributed by atoms with Crippen LogP contribution in [0.25, 0.3) is 60.2 Å². The summed E-state index contributed by atoms with van der Waals surface area (Å²) in [6.45, 7) is 0. The number of fused-ring (bicyclic) bond motifs is 6. The zero-order chi connectivity index (χ0) is 38.6. The lowest BCUT2D eigenvalue weighted by atomic mass is 9.89. The molecule has 5 heteroatoms. The summed E-state index contributed by atoms with van der Waals surface area (Å²) in [5.41, 5.74) is 11.6. The number of nitrogens with one attached hydrogen (secondary N) is 1. The zero-order valence-corrected chi connectivity index (χ0v) is 31.4. The van der Waals surface area contributed by atoms with Crippen LogP contribution in [0.15, 0.2) is 210 Å². The zero-order valence-electron chi connectivity index (χ0n) is 31.4. The third-order valence-corrected chi connectivity index (χ3v) is 11.2. The molecule has 9 aromatic carbocycles. The molecule has 0 radical (unpaired) electrons. The number of nitrogens with zero attached hydrogens (tertiary/aromatic N) is 4. The van der Waals surface area contributed by atoms with Crippen molar-refractivity contribution in [3.05, 3.63) is 217 Å². The second kappa shape index (κ2) is 13.7. The molecule has 0 saturated carbocycles. The molecular weight excluding hydrogens is 707 g/mol. The van der Waals surface area contributed by atoms with Crippen molar-refractivity contribution >= 4 is 78.3 Å². The smallest absolute Gasteiger partial charge is 0.161 e. The molecule has 1 aliphatic rings. The highest BCUT2D eigenvalue weighted by Crippen LogP contribution is 2.51. The van der Waals surface area contributed by atoms with Gasteiger partial charge in [-0.1, -0.05) is 133 Å². The second-order valence-corrected chi connectivity index (χ2v) is 14.6. The predicted molar refractivity (Wildman–Crippen MR) is 243 cm³/mol. The van der Waals surface area contributed by atoms with E-state index >= 15 is 0 Å². The minimum atomic E-state index is 0.149. The minimum Gasteiger partial charge on any atom is -0.309 e. The van der Waals surface area contributed by atoms with Crippen molar-refractivity contribution in [3.8, 4) is 16.8 Å². The lowest BCUT2D eigenvalue weighted by Crippen LogP contribution is -2.15. The Morgan fingerprint density at radius 3 is 1.93 bits per heavy atom. The van der Waals surface area contributed by atoms with Gasteiger partial charge in [0.05, 0.1) is 22.4 Å². The Kier molecular flexibility index (Phi) is 7.90. The van der Waals surface area contributed by atoms with Crippen LogP contribution < -0.4 is 4.90 Å². The van der Waals surface area contributed by atoms with Crippen molar-refractivity contribution in [2.24, 2.45) is 9.98 Å². The fourth-order valence-electron chi connectivity index (χ4n) is 8.60. The topological polar surface area (TPSA) is 56.7 Å². The molecule has 11 rings (SSSR count). The molecule has 0 aliphatic carbocycles. The molecule has 58 heavy (non-hydrogen) atoms. The second-order valence-electron chi connectivity index (χ2n) is 14.6. The third kappa shape index (κ3) is 5.52. The van der Waals surface area contributed by atoms with Gasteiger partial charge in [0.25, 0.3) is 0 Å². The summed E-state index contributed by atoms with van der Waals surface area (Å²) >= 11 is 0. The quantitative estimate of drug-likeness (QED) is 0.139. The van der Waals surface area contributed by atoms with Crippen molar-refractivity contribution in [3.63, 3.8) is 0 Å². The van der Waals surface area contributed by atoms with Crippen molar-refractivity contribution in [2.75, 3.05) is 4.90 Å². The number of hydrogen-bond acceptors (Lipinski definition) is 2. The average Bonchev–Trinajstić information content (AvgIpc) is 3.63. The van der Waals surface area contributed by atoms with E-state index in [-0.39, 0.29) is 5.84 Å². The molecule has 0 fully saturated rings. The summed E-state index contributed by atoms with van der Waals surface area (Å²) in [5, 5.41) is 16.2. The van der Waals surface area contributed by atoms with Crippen LogP contribution in [-0.4, -0.2) is 22.5 Å². The SMILES string of the molecule is N=C(/N=C(\N=C\c1cccc2c1c1ccccc1n2-c1ccccc1)c1ccc(N2c3cc4ccccc4cc3-c3cccc4cccc2c34)cc1)c1ccccc1. The lowest BCUT2D eigenvalue weighted by molar-refractivity contribution is 1.18. The number of aliphatic imine (C=N–C) groups is 2. The van der Waals surface area contributed by atoms with Crippen LogP contribution in [0.4, 0.5) is 17.1 Å². The molecule has 0 atom stereocenters. The summed E-state index contributed by atoms with van der Waals surface area (Å²) < 4.78 is 2.31. The van der Waals surface area contributed by atoms with Crippen LogP contribution in [0, 0.1) is 5.41 Å². The van der Waals surface area contributed by atoms with E-state index in [1.165, 1.54) is 32.7 Å². The first-order chi connectivity index (χ1) is 28.7. The van der Waals surface area contributed by atoms with Gasteiger partial charge in [-0.3, -0.25) is 5.41 Å². The van der Waals surface area contributed by atoms with Crippen LogP contribution >= 0.6 is 0 Å². The number of anilines is 3. The van der Waals surface area contributed by atoms with Crippen LogP contribution in [0.2, 0.25) is 0 Å². The fourth-order valence-corrected chi connectivity index (χ4v) is 8.60. The van der Waals surface area contributed by atoms with Gasteiger partial charge in [0.2, 0.25) is 0 Å². The monoisotopic (exact) mass is 741 g/mol. The van der Waals surface area contributed by atoms with Crippen LogP contribution in [0.3, 0.4) is 0 Å². The summed E-state index contributed by atoms with van der Waals surface area (Å²) in [5.74, 6) is 0.609. The van der Waals surface area contributed by atoms with Crippen molar-refractivity contribution in [1.82, 2.24) is 4.57 Å². The summed E-state index contributed by atoms with van der Waals surface area (Å²) in [6, 6.07) is 69.7. The fraction of sp³-hybridized carbons (Fsp3) is 0. The summed E-state index contributed by atoms with van der Waals surface area (Å²) in [6.07, 6.45) is 1.90. The highest BCUT2D eigenvalue weighted by atomic mass is 15.2. The number of aromatic nitrogens is 1. The molecule has 0 bridgehead atoms. The predicted octanol–water partition coefficient (Wildman–Crippen LogP) is 13.4. The maximum Gasteiger partial charge on any atom is 0.161 e. The first-order valence-electron chi connectivity index (χ1n) is 19.5. The molecule has 10 aromatic rings. The molecule has 1 aliphatic heterocycles. The molecule has 5 nitrogen and oxygen atoms in total. The van der Waals surface area contributed by atoms with Gasteiger partial charge in [0.1, 0.15) is 0 Å². The molecule has 0 saturated heterocycles. The van der Waals surface area contributed by atoms with Gasteiger partial charge in [0, 0.05) is 56.0 Å². The van der Waals surface area contributed by atoms with Crippen molar-refractivity contribution < 1.29 is 0 Å². The van der Waals surface area contributed by atoms with Gasteiger partial charge in [-0.25, -0.2) is 9.98 Å². The Morgan fingerprint density at radius 2 is 1.12 bits per heavy atom. The van der Waals surface area contributed by atoms with E-state index in [0.717, 1.165) is 61.2 Å². The highest BCUT2D eigenvalue weighted by Gasteiger charge is 2.26. The number of rotatable bonds is 5. The molecule has 272 valence electrons. The molecule has 0 unspecified atom stereocenters. The number of para-hydroxylation sites is 2. The van der Waals surface area contributed by atoms with Gasteiger partial charge in [-0.15, -0.1) is 0 Å². The minimum absolute atomic E-state index is 0.149.